The number of carbonyl (C=O) groups excluding carboxylic acids is 1. The molecule has 1 aromatic rings. The molecule has 0 saturated heterocycles. The highest BCUT2D eigenvalue weighted by Crippen LogP contribution is 2.25. The van der Waals surface area contributed by atoms with E-state index in [1.54, 1.807) is 17.0 Å². The van der Waals surface area contributed by atoms with E-state index in [1.165, 1.54) is 12.1 Å². The number of hydrogen-bond acceptors (Lipinski definition) is 2. The van der Waals surface area contributed by atoms with Gasteiger partial charge in [-0.2, -0.15) is 0 Å². The zero-order chi connectivity index (χ0) is 13.8. The number of hydrogen-bond donors (Lipinski definition) is 1. The zero-order valence-electron chi connectivity index (χ0n) is 10.9. The number of benzene rings is 1. The van der Waals surface area contributed by atoms with E-state index in [-0.39, 0.29) is 17.5 Å². The molecule has 0 aromatic heterocycles. The highest BCUT2D eigenvalue weighted by Gasteiger charge is 2.27. The van der Waals surface area contributed by atoms with Crippen molar-refractivity contribution in [3.05, 3.63) is 42.2 Å². The highest BCUT2D eigenvalue weighted by atomic mass is 19.1. The number of nitrogens with two attached hydrogens (primary N) is 1. The summed E-state index contributed by atoms with van der Waals surface area (Å²) < 4.78 is 13.8. The van der Waals surface area contributed by atoms with Crippen molar-refractivity contribution in [2.45, 2.75) is 31.7 Å². The lowest BCUT2D eigenvalue weighted by molar-refractivity contribution is 0.0702. The van der Waals surface area contributed by atoms with Gasteiger partial charge in [-0.3, -0.25) is 4.79 Å². The van der Waals surface area contributed by atoms with Crippen LogP contribution in [0.3, 0.4) is 0 Å². The number of nitrogens with zero attached hydrogens (tertiary/aromatic N) is 1. The molecule has 3 nitrogen and oxygen atoms in total. The summed E-state index contributed by atoms with van der Waals surface area (Å²) in [5.74, 6) is -0.832. The Morgan fingerprint density at radius 3 is 2.74 bits per heavy atom. The van der Waals surface area contributed by atoms with Crippen molar-refractivity contribution in [1.82, 2.24) is 4.90 Å². The minimum atomic E-state index is -0.558. The molecule has 0 radical (unpaired) electrons. The highest BCUT2D eigenvalue weighted by molar-refractivity contribution is 5.95. The maximum atomic E-state index is 13.8. The van der Waals surface area contributed by atoms with Crippen molar-refractivity contribution in [2.24, 2.45) is 0 Å². The largest absolute Gasteiger partial charge is 0.399 e. The Balaban J connectivity index is 2.25. The molecule has 2 N–H and O–H groups in total. The van der Waals surface area contributed by atoms with E-state index >= 15 is 0 Å². The fraction of sp³-hybridized carbons (Fsp3) is 0.400. The van der Waals surface area contributed by atoms with Gasteiger partial charge in [0.1, 0.15) is 5.82 Å². The van der Waals surface area contributed by atoms with Gasteiger partial charge < -0.3 is 10.6 Å². The van der Waals surface area contributed by atoms with Crippen LogP contribution in [0, 0.1) is 5.82 Å². The van der Waals surface area contributed by atoms with Gasteiger partial charge in [-0.05, 0) is 31.0 Å². The van der Waals surface area contributed by atoms with Crippen molar-refractivity contribution in [3.8, 4) is 0 Å². The normalized spacial score (nSPS) is 15.4. The van der Waals surface area contributed by atoms with E-state index < -0.39 is 5.82 Å². The van der Waals surface area contributed by atoms with Gasteiger partial charge in [-0.25, -0.2) is 4.39 Å². The number of carbonyl (C=O) groups is 1. The van der Waals surface area contributed by atoms with Gasteiger partial charge in [-0.1, -0.05) is 18.9 Å². The lowest BCUT2D eigenvalue weighted by Crippen LogP contribution is -2.39. The average Bonchev–Trinajstić information content (AvgIpc) is 2.89. The van der Waals surface area contributed by atoms with Crippen molar-refractivity contribution in [3.63, 3.8) is 0 Å². The molecule has 1 aliphatic carbocycles. The van der Waals surface area contributed by atoms with Gasteiger partial charge in [-0.15, -0.1) is 6.58 Å². The molecule has 1 fully saturated rings. The van der Waals surface area contributed by atoms with Crippen LogP contribution in [-0.2, 0) is 0 Å². The minimum Gasteiger partial charge on any atom is -0.399 e. The first-order valence-electron chi connectivity index (χ1n) is 6.60. The Kier molecular flexibility index (Phi) is 4.20. The quantitative estimate of drug-likeness (QED) is 0.669. The number of anilines is 1. The summed E-state index contributed by atoms with van der Waals surface area (Å²) in [6, 6.07) is 4.39. The molecule has 0 heterocycles. The van der Waals surface area contributed by atoms with Gasteiger partial charge >= 0.3 is 0 Å². The summed E-state index contributed by atoms with van der Waals surface area (Å²) in [6.45, 7) is 4.13. The van der Waals surface area contributed by atoms with Gasteiger partial charge in [0.15, 0.2) is 0 Å². The first-order chi connectivity index (χ1) is 9.13. The van der Waals surface area contributed by atoms with E-state index in [0.29, 0.717) is 12.2 Å². The Bertz CT molecular complexity index is 481. The Morgan fingerprint density at radius 2 is 2.16 bits per heavy atom. The van der Waals surface area contributed by atoms with Crippen LogP contribution < -0.4 is 5.73 Å². The van der Waals surface area contributed by atoms with E-state index in [2.05, 4.69) is 6.58 Å². The van der Waals surface area contributed by atoms with E-state index in [4.69, 9.17) is 5.73 Å². The first-order valence-corrected chi connectivity index (χ1v) is 6.60. The molecular weight excluding hydrogens is 243 g/mol. The molecule has 0 spiro atoms. The standard InChI is InChI=1S/C15H19FN2O/c1-2-9-18(12-5-3-4-6-12)15(19)13-8-7-11(17)10-14(13)16/h2,7-8,10,12H,1,3-6,9,17H2. The second-order valence-electron chi connectivity index (χ2n) is 4.92. The third kappa shape index (κ3) is 2.95. The van der Waals surface area contributed by atoms with Crippen molar-refractivity contribution < 1.29 is 9.18 Å². The van der Waals surface area contributed by atoms with E-state index in [1.807, 2.05) is 0 Å². The van der Waals surface area contributed by atoms with Crippen LogP contribution in [0.25, 0.3) is 0 Å². The predicted octanol–water partition coefficient (Wildman–Crippen LogP) is 2.98. The van der Waals surface area contributed by atoms with Crippen molar-refractivity contribution >= 4 is 11.6 Å². The predicted molar refractivity (Wildman–Crippen MR) is 74.3 cm³/mol. The Hall–Kier alpha value is -1.84. The number of nitrogen functional groups attached to an aromatic ring is 1. The maximum absolute atomic E-state index is 13.8. The monoisotopic (exact) mass is 262 g/mol. The van der Waals surface area contributed by atoms with Crippen molar-refractivity contribution in [2.75, 3.05) is 12.3 Å². The summed E-state index contributed by atoms with van der Waals surface area (Å²) in [6.07, 6.45) is 5.89. The lowest BCUT2D eigenvalue weighted by atomic mass is 10.1. The Morgan fingerprint density at radius 1 is 1.47 bits per heavy atom. The molecule has 0 unspecified atom stereocenters. The van der Waals surface area contributed by atoms with Crippen LogP contribution in [-0.4, -0.2) is 23.4 Å². The molecule has 1 amide bonds. The number of rotatable bonds is 4. The number of amides is 1. The second kappa shape index (κ2) is 5.87. The molecule has 102 valence electrons. The maximum Gasteiger partial charge on any atom is 0.257 e. The lowest BCUT2D eigenvalue weighted by Gasteiger charge is -2.28. The fourth-order valence-electron chi connectivity index (χ4n) is 2.61. The SMILES string of the molecule is C=CCN(C(=O)c1ccc(N)cc1F)C1CCCC1. The van der Waals surface area contributed by atoms with Gasteiger partial charge in [0, 0.05) is 18.3 Å². The van der Waals surface area contributed by atoms with E-state index in [0.717, 1.165) is 25.7 Å². The summed E-state index contributed by atoms with van der Waals surface area (Å²) in [5.41, 5.74) is 5.91. The first kappa shape index (κ1) is 13.6. The minimum absolute atomic E-state index is 0.0861. The van der Waals surface area contributed by atoms with Crippen LogP contribution in [0.1, 0.15) is 36.0 Å². The smallest absolute Gasteiger partial charge is 0.257 e. The van der Waals surface area contributed by atoms with Crippen LogP contribution in [0.5, 0.6) is 0 Å². The topological polar surface area (TPSA) is 46.3 Å². The third-order valence-electron chi connectivity index (χ3n) is 3.58. The van der Waals surface area contributed by atoms with Crippen LogP contribution in [0.15, 0.2) is 30.9 Å². The van der Waals surface area contributed by atoms with Crippen molar-refractivity contribution in [1.29, 1.82) is 0 Å². The van der Waals surface area contributed by atoms with Gasteiger partial charge in [0.25, 0.3) is 5.91 Å². The van der Waals surface area contributed by atoms with E-state index in [9.17, 15) is 9.18 Å². The van der Waals surface area contributed by atoms with Gasteiger partial charge in [0.2, 0.25) is 0 Å². The summed E-state index contributed by atoms with van der Waals surface area (Å²) in [5, 5.41) is 0. The molecule has 4 heteroatoms. The fourth-order valence-corrected chi connectivity index (χ4v) is 2.61. The molecule has 0 atom stereocenters. The molecule has 19 heavy (non-hydrogen) atoms. The zero-order valence-corrected chi connectivity index (χ0v) is 10.9. The number of halogens is 1. The van der Waals surface area contributed by atoms with Crippen LogP contribution in [0.2, 0.25) is 0 Å². The Labute approximate surface area is 112 Å². The summed E-state index contributed by atoms with van der Waals surface area (Å²) >= 11 is 0. The molecule has 1 saturated carbocycles. The molecule has 2 rings (SSSR count). The van der Waals surface area contributed by atoms with Crippen LogP contribution >= 0.6 is 0 Å². The summed E-state index contributed by atoms with van der Waals surface area (Å²) in [4.78, 5) is 14.2. The molecule has 0 bridgehead atoms. The molecule has 1 aromatic carbocycles. The van der Waals surface area contributed by atoms with Gasteiger partial charge in [0.05, 0.1) is 5.56 Å². The third-order valence-corrected chi connectivity index (χ3v) is 3.58. The van der Waals surface area contributed by atoms with Crippen LogP contribution in [0.4, 0.5) is 10.1 Å². The summed E-state index contributed by atoms with van der Waals surface area (Å²) in [7, 11) is 0. The molecule has 1 aliphatic rings. The molecular formula is C15H19FN2O. The average molecular weight is 262 g/mol. The molecule has 0 aliphatic heterocycles. The second-order valence-corrected chi connectivity index (χ2v) is 4.92.